The number of rotatable bonds is 7. The lowest BCUT2D eigenvalue weighted by Gasteiger charge is -2.26. The van der Waals surface area contributed by atoms with Crippen LogP contribution in [0, 0.1) is 5.92 Å². The molecule has 84 valence electrons. The van der Waals surface area contributed by atoms with Crippen molar-refractivity contribution in [2.75, 3.05) is 27.3 Å². The molecule has 0 saturated heterocycles. The number of carbonyl (C=O) groups is 1. The van der Waals surface area contributed by atoms with E-state index in [0.29, 0.717) is 18.9 Å². The third kappa shape index (κ3) is 4.58. The molecule has 0 amide bonds. The van der Waals surface area contributed by atoms with Gasteiger partial charge in [-0.15, -0.1) is 0 Å². The van der Waals surface area contributed by atoms with Crippen LogP contribution in [0.2, 0.25) is 0 Å². The van der Waals surface area contributed by atoms with E-state index in [1.165, 1.54) is 0 Å². The number of methoxy groups -OCH3 is 1. The van der Waals surface area contributed by atoms with Gasteiger partial charge >= 0.3 is 5.97 Å². The van der Waals surface area contributed by atoms with Gasteiger partial charge in [-0.3, -0.25) is 9.69 Å². The number of ether oxygens (including phenoxy) is 1. The summed E-state index contributed by atoms with van der Waals surface area (Å²) in [5, 5.41) is 8.91. The number of nitrogens with zero attached hydrogens (tertiary/aromatic N) is 1. The SMILES string of the molecule is CCC(C(=O)O)N(C)CC(C)COC. The Labute approximate surface area is 85.9 Å². The molecule has 0 saturated carbocycles. The standard InChI is InChI=1S/C10H21NO3/c1-5-9(10(12)13)11(3)6-8(2)7-14-4/h8-9H,5-7H2,1-4H3,(H,12,13). The van der Waals surface area contributed by atoms with Crippen molar-refractivity contribution in [3.8, 4) is 0 Å². The third-order valence-electron chi connectivity index (χ3n) is 2.25. The molecule has 0 fully saturated rings. The van der Waals surface area contributed by atoms with Crippen LogP contribution in [-0.4, -0.2) is 49.3 Å². The Morgan fingerprint density at radius 1 is 1.57 bits per heavy atom. The summed E-state index contributed by atoms with van der Waals surface area (Å²) >= 11 is 0. The highest BCUT2D eigenvalue weighted by molar-refractivity contribution is 5.73. The average molecular weight is 203 g/mol. The largest absolute Gasteiger partial charge is 0.480 e. The van der Waals surface area contributed by atoms with Gasteiger partial charge in [-0.05, 0) is 19.4 Å². The fourth-order valence-corrected chi connectivity index (χ4v) is 1.63. The van der Waals surface area contributed by atoms with Crippen molar-refractivity contribution in [3.05, 3.63) is 0 Å². The molecule has 2 unspecified atom stereocenters. The first kappa shape index (κ1) is 13.4. The Kier molecular flexibility index (Phi) is 6.49. The van der Waals surface area contributed by atoms with Gasteiger partial charge in [0.25, 0.3) is 0 Å². The molecule has 14 heavy (non-hydrogen) atoms. The molecule has 0 aromatic heterocycles. The minimum absolute atomic E-state index is 0.360. The molecule has 0 aliphatic heterocycles. The minimum atomic E-state index is -0.750. The molecule has 0 heterocycles. The van der Waals surface area contributed by atoms with Gasteiger partial charge in [0.1, 0.15) is 6.04 Å². The van der Waals surface area contributed by atoms with Crippen LogP contribution in [0.15, 0.2) is 0 Å². The molecule has 0 spiro atoms. The molecule has 0 aromatic carbocycles. The Hall–Kier alpha value is -0.610. The Morgan fingerprint density at radius 3 is 2.50 bits per heavy atom. The zero-order valence-electron chi connectivity index (χ0n) is 9.49. The fraction of sp³-hybridized carbons (Fsp3) is 0.900. The molecule has 2 atom stereocenters. The van der Waals surface area contributed by atoms with Crippen LogP contribution >= 0.6 is 0 Å². The summed E-state index contributed by atoms with van der Waals surface area (Å²) in [7, 11) is 3.50. The van der Waals surface area contributed by atoms with E-state index < -0.39 is 5.97 Å². The maximum absolute atomic E-state index is 10.8. The summed E-state index contributed by atoms with van der Waals surface area (Å²) in [5.41, 5.74) is 0. The highest BCUT2D eigenvalue weighted by Gasteiger charge is 2.21. The van der Waals surface area contributed by atoms with Crippen molar-refractivity contribution in [1.29, 1.82) is 0 Å². The number of hydrogen-bond acceptors (Lipinski definition) is 3. The van der Waals surface area contributed by atoms with Gasteiger partial charge in [-0.1, -0.05) is 13.8 Å². The lowest BCUT2D eigenvalue weighted by atomic mass is 10.1. The average Bonchev–Trinajstić information content (AvgIpc) is 2.04. The molecular formula is C10H21NO3. The number of hydrogen-bond donors (Lipinski definition) is 1. The quantitative estimate of drug-likeness (QED) is 0.672. The summed E-state index contributed by atoms with van der Waals surface area (Å²) in [6.07, 6.45) is 0.630. The van der Waals surface area contributed by atoms with Gasteiger partial charge in [-0.25, -0.2) is 0 Å². The summed E-state index contributed by atoms with van der Waals surface area (Å²) in [6, 6.07) is -0.380. The van der Waals surface area contributed by atoms with E-state index in [1.54, 1.807) is 7.11 Å². The maximum atomic E-state index is 10.8. The van der Waals surface area contributed by atoms with E-state index in [9.17, 15) is 4.79 Å². The predicted octanol–water partition coefficient (Wildman–Crippen LogP) is 1.06. The minimum Gasteiger partial charge on any atom is -0.480 e. The van der Waals surface area contributed by atoms with Gasteiger partial charge in [0.05, 0.1) is 0 Å². The van der Waals surface area contributed by atoms with Gasteiger partial charge in [0, 0.05) is 20.3 Å². The predicted molar refractivity (Wildman–Crippen MR) is 55.4 cm³/mol. The molecule has 0 radical (unpaired) electrons. The second-order valence-electron chi connectivity index (χ2n) is 3.76. The van der Waals surface area contributed by atoms with Crippen molar-refractivity contribution >= 4 is 5.97 Å². The summed E-state index contributed by atoms with van der Waals surface area (Å²) in [5.74, 6) is -0.391. The van der Waals surface area contributed by atoms with Gasteiger partial charge in [0.2, 0.25) is 0 Å². The molecule has 4 nitrogen and oxygen atoms in total. The van der Waals surface area contributed by atoms with E-state index in [-0.39, 0.29) is 6.04 Å². The van der Waals surface area contributed by atoms with Crippen molar-refractivity contribution in [2.45, 2.75) is 26.3 Å². The zero-order valence-corrected chi connectivity index (χ0v) is 9.49. The van der Waals surface area contributed by atoms with Crippen LogP contribution in [-0.2, 0) is 9.53 Å². The number of likely N-dealkylation sites (N-methyl/N-ethyl adjacent to an activating group) is 1. The number of aliphatic carboxylic acids is 1. The fourth-order valence-electron chi connectivity index (χ4n) is 1.63. The van der Waals surface area contributed by atoms with Crippen LogP contribution in [0.5, 0.6) is 0 Å². The first-order chi connectivity index (χ1) is 6.52. The topological polar surface area (TPSA) is 49.8 Å². The highest BCUT2D eigenvalue weighted by Crippen LogP contribution is 2.06. The maximum Gasteiger partial charge on any atom is 0.320 e. The lowest BCUT2D eigenvalue weighted by molar-refractivity contribution is -0.143. The van der Waals surface area contributed by atoms with Crippen LogP contribution in [0.25, 0.3) is 0 Å². The van der Waals surface area contributed by atoms with E-state index in [1.807, 2.05) is 18.9 Å². The van der Waals surface area contributed by atoms with E-state index in [2.05, 4.69) is 6.92 Å². The van der Waals surface area contributed by atoms with Crippen molar-refractivity contribution in [3.63, 3.8) is 0 Å². The summed E-state index contributed by atoms with van der Waals surface area (Å²) in [6.45, 7) is 5.35. The van der Waals surface area contributed by atoms with Crippen molar-refractivity contribution < 1.29 is 14.6 Å². The van der Waals surface area contributed by atoms with Crippen LogP contribution in [0.4, 0.5) is 0 Å². The molecule has 0 aromatic rings. The zero-order chi connectivity index (χ0) is 11.1. The van der Waals surface area contributed by atoms with Crippen molar-refractivity contribution in [2.24, 2.45) is 5.92 Å². The Balaban J connectivity index is 4.03. The molecule has 0 rings (SSSR count). The summed E-state index contributed by atoms with van der Waals surface area (Å²) in [4.78, 5) is 12.7. The molecule has 0 aliphatic carbocycles. The monoisotopic (exact) mass is 203 g/mol. The Morgan fingerprint density at radius 2 is 2.14 bits per heavy atom. The second-order valence-corrected chi connectivity index (χ2v) is 3.76. The molecule has 4 heteroatoms. The molecule has 0 bridgehead atoms. The Bertz CT molecular complexity index is 173. The van der Waals surface area contributed by atoms with E-state index in [0.717, 1.165) is 6.54 Å². The highest BCUT2D eigenvalue weighted by atomic mass is 16.5. The smallest absolute Gasteiger partial charge is 0.320 e. The molecule has 0 aliphatic rings. The van der Waals surface area contributed by atoms with Gasteiger partial charge in [0.15, 0.2) is 0 Å². The summed E-state index contributed by atoms with van der Waals surface area (Å²) < 4.78 is 5.00. The first-order valence-electron chi connectivity index (χ1n) is 4.94. The molecular weight excluding hydrogens is 182 g/mol. The number of carboxylic acids is 1. The van der Waals surface area contributed by atoms with Gasteiger partial charge in [-0.2, -0.15) is 0 Å². The van der Waals surface area contributed by atoms with E-state index >= 15 is 0 Å². The van der Waals surface area contributed by atoms with Crippen LogP contribution in [0.1, 0.15) is 20.3 Å². The second kappa shape index (κ2) is 6.79. The van der Waals surface area contributed by atoms with Gasteiger partial charge < -0.3 is 9.84 Å². The third-order valence-corrected chi connectivity index (χ3v) is 2.25. The van der Waals surface area contributed by atoms with Crippen LogP contribution in [0.3, 0.4) is 0 Å². The van der Waals surface area contributed by atoms with Crippen molar-refractivity contribution in [1.82, 2.24) is 4.90 Å². The lowest BCUT2D eigenvalue weighted by Crippen LogP contribution is -2.40. The van der Waals surface area contributed by atoms with E-state index in [4.69, 9.17) is 9.84 Å². The number of carboxylic acid groups (broad SMARTS) is 1. The molecule has 1 N–H and O–H groups in total. The normalized spacial score (nSPS) is 15.5. The van der Waals surface area contributed by atoms with Crippen LogP contribution < -0.4 is 0 Å². The first-order valence-corrected chi connectivity index (χ1v) is 4.94.